The normalized spacial score (nSPS) is 13.7. The van der Waals surface area contributed by atoms with Crippen molar-refractivity contribution in [2.24, 2.45) is 11.7 Å². The Labute approximate surface area is 170 Å². The van der Waals surface area contributed by atoms with Crippen molar-refractivity contribution in [3.63, 3.8) is 0 Å². The van der Waals surface area contributed by atoms with Crippen molar-refractivity contribution < 1.29 is 31.1 Å². The second kappa shape index (κ2) is 8.35. The molecule has 0 aliphatic heterocycles. The lowest BCUT2D eigenvalue weighted by Crippen LogP contribution is -2.15. The van der Waals surface area contributed by atoms with Crippen LogP contribution < -0.4 is 5.73 Å². The zero-order valence-electron chi connectivity index (χ0n) is 17.1. The lowest BCUT2D eigenvalue weighted by Gasteiger charge is -2.22. The number of amides is 1. The van der Waals surface area contributed by atoms with Crippen LogP contribution in [0.3, 0.4) is 0 Å². The summed E-state index contributed by atoms with van der Waals surface area (Å²) in [4.78, 5) is 11.8. The van der Waals surface area contributed by atoms with Gasteiger partial charge < -0.3 is 10.3 Å². The Morgan fingerprint density at radius 1 is 0.933 bits per heavy atom. The van der Waals surface area contributed by atoms with Crippen molar-refractivity contribution >= 4 is 5.91 Å². The van der Waals surface area contributed by atoms with Gasteiger partial charge in [-0.25, -0.2) is 0 Å². The molecular weight excluding hydrogens is 410 g/mol. The van der Waals surface area contributed by atoms with Crippen LogP contribution in [0.5, 0.6) is 0 Å². The number of hydrogen-bond acceptors (Lipinski definition) is 1. The summed E-state index contributed by atoms with van der Waals surface area (Å²) in [5.41, 5.74) is 2.85. The van der Waals surface area contributed by atoms with Gasteiger partial charge in [-0.05, 0) is 62.4 Å². The molecule has 1 aromatic heterocycles. The molecule has 2 aromatic rings. The molecule has 1 heterocycles. The van der Waals surface area contributed by atoms with Crippen LogP contribution in [0.4, 0.5) is 26.3 Å². The van der Waals surface area contributed by atoms with Crippen LogP contribution in [0.1, 0.15) is 66.8 Å². The second-order valence-corrected chi connectivity index (χ2v) is 7.88. The predicted octanol–water partition coefficient (Wildman–Crippen LogP) is 6.60. The number of primary amides is 1. The van der Waals surface area contributed by atoms with E-state index in [4.69, 9.17) is 5.73 Å². The van der Waals surface area contributed by atoms with Crippen LogP contribution in [0.15, 0.2) is 24.3 Å². The second-order valence-electron chi connectivity index (χ2n) is 7.88. The smallest absolute Gasteiger partial charge is 0.366 e. The van der Waals surface area contributed by atoms with E-state index < -0.39 is 29.4 Å². The summed E-state index contributed by atoms with van der Waals surface area (Å²) < 4.78 is 81.3. The van der Waals surface area contributed by atoms with E-state index in [9.17, 15) is 31.1 Å². The number of nitrogens with zero attached hydrogens (tertiary/aromatic N) is 1. The Balaban J connectivity index is 2.76. The van der Waals surface area contributed by atoms with Gasteiger partial charge in [0.15, 0.2) is 0 Å². The largest absolute Gasteiger partial charge is 0.416 e. The number of halogens is 6. The third kappa shape index (κ3) is 5.17. The summed E-state index contributed by atoms with van der Waals surface area (Å²) in [5.74, 6) is -0.445. The van der Waals surface area contributed by atoms with Gasteiger partial charge in [0.2, 0.25) is 0 Å². The fourth-order valence-electron chi connectivity index (χ4n) is 3.47. The molecule has 0 saturated heterocycles. The van der Waals surface area contributed by atoms with Gasteiger partial charge in [0.1, 0.15) is 0 Å². The number of rotatable bonds is 6. The molecule has 2 rings (SSSR count). The summed E-state index contributed by atoms with van der Waals surface area (Å²) in [6.45, 7) is 7.40. The Morgan fingerprint density at radius 2 is 1.43 bits per heavy atom. The Bertz CT molecular complexity index is 893. The zero-order chi connectivity index (χ0) is 23.0. The van der Waals surface area contributed by atoms with Crippen LogP contribution in [0.2, 0.25) is 0 Å². The number of benzene rings is 1. The van der Waals surface area contributed by atoms with E-state index in [1.807, 2.05) is 20.8 Å². The highest BCUT2D eigenvalue weighted by Crippen LogP contribution is 2.40. The van der Waals surface area contributed by atoms with Gasteiger partial charge in [0.25, 0.3) is 5.91 Å². The zero-order valence-corrected chi connectivity index (χ0v) is 17.1. The van der Waals surface area contributed by atoms with Crippen molar-refractivity contribution in [2.45, 2.75) is 58.9 Å². The number of carbonyl (C=O) groups excluding carboxylic acids is 1. The molecule has 9 heteroatoms. The number of alkyl halides is 6. The van der Waals surface area contributed by atoms with Crippen LogP contribution in [-0.2, 0) is 12.4 Å². The van der Waals surface area contributed by atoms with Gasteiger partial charge in [-0.3, -0.25) is 4.79 Å². The number of nitrogens with two attached hydrogens (primary N) is 1. The highest BCUT2D eigenvalue weighted by atomic mass is 19.4. The van der Waals surface area contributed by atoms with E-state index in [0.29, 0.717) is 30.2 Å². The molecule has 1 atom stereocenters. The van der Waals surface area contributed by atoms with Crippen molar-refractivity contribution in [2.75, 3.05) is 0 Å². The van der Waals surface area contributed by atoms with E-state index in [1.54, 1.807) is 11.5 Å². The predicted molar refractivity (Wildman–Crippen MR) is 102 cm³/mol. The Morgan fingerprint density at radius 3 is 1.83 bits per heavy atom. The maximum atomic E-state index is 13.3. The molecule has 1 aromatic carbocycles. The van der Waals surface area contributed by atoms with Crippen molar-refractivity contribution in [3.8, 4) is 11.3 Å². The number of aromatic nitrogens is 1. The third-order valence-electron chi connectivity index (χ3n) is 5.04. The topological polar surface area (TPSA) is 48.0 Å². The molecular formula is C21H24F6N2O. The van der Waals surface area contributed by atoms with E-state index in [-0.39, 0.29) is 28.9 Å². The summed E-state index contributed by atoms with van der Waals surface area (Å²) >= 11 is 0. The highest BCUT2D eigenvalue weighted by Gasteiger charge is 2.37. The van der Waals surface area contributed by atoms with Crippen molar-refractivity contribution in [1.29, 1.82) is 0 Å². The van der Waals surface area contributed by atoms with Crippen LogP contribution in [-0.4, -0.2) is 10.5 Å². The summed E-state index contributed by atoms with van der Waals surface area (Å²) in [7, 11) is 0. The molecule has 0 aliphatic rings. The first-order valence-corrected chi connectivity index (χ1v) is 9.44. The first kappa shape index (κ1) is 23.8. The van der Waals surface area contributed by atoms with E-state index >= 15 is 0 Å². The molecule has 166 valence electrons. The minimum absolute atomic E-state index is 0.0624. The molecule has 0 bridgehead atoms. The van der Waals surface area contributed by atoms with E-state index in [2.05, 4.69) is 0 Å². The van der Waals surface area contributed by atoms with Crippen molar-refractivity contribution in [1.82, 2.24) is 4.57 Å². The lowest BCUT2D eigenvalue weighted by atomic mass is 10.0. The van der Waals surface area contributed by atoms with Gasteiger partial charge in [0.05, 0.1) is 16.7 Å². The molecule has 1 unspecified atom stereocenters. The van der Waals surface area contributed by atoms with Crippen LogP contribution in [0.25, 0.3) is 11.3 Å². The standard InChI is InChI=1S/C21H24F6N2O/c1-11(2)5-6-12(3)29-13(4)17(19(28)30)10-18(29)14-7-15(20(22,23)24)9-16(8-14)21(25,26)27/h7-12H,5-6H2,1-4H3,(H2,28,30). The molecule has 0 spiro atoms. The highest BCUT2D eigenvalue weighted by molar-refractivity contribution is 5.95. The van der Waals surface area contributed by atoms with E-state index in [1.165, 1.54) is 6.07 Å². The van der Waals surface area contributed by atoms with Crippen LogP contribution >= 0.6 is 0 Å². The van der Waals surface area contributed by atoms with Gasteiger partial charge in [0, 0.05) is 17.4 Å². The number of carbonyl (C=O) groups is 1. The molecule has 3 nitrogen and oxygen atoms in total. The van der Waals surface area contributed by atoms with Crippen molar-refractivity contribution in [3.05, 3.63) is 46.6 Å². The Kier molecular flexibility index (Phi) is 6.63. The molecule has 0 saturated carbocycles. The fraction of sp³-hybridized carbons (Fsp3) is 0.476. The molecule has 1 amide bonds. The lowest BCUT2D eigenvalue weighted by molar-refractivity contribution is -0.143. The maximum absolute atomic E-state index is 13.3. The fourth-order valence-corrected chi connectivity index (χ4v) is 3.47. The van der Waals surface area contributed by atoms with Gasteiger partial charge in [-0.1, -0.05) is 13.8 Å². The van der Waals surface area contributed by atoms with Crippen LogP contribution in [0, 0.1) is 12.8 Å². The van der Waals surface area contributed by atoms with Gasteiger partial charge in [-0.15, -0.1) is 0 Å². The molecule has 0 radical (unpaired) electrons. The SMILES string of the molecule is Cc1c(C(N)=O)cc(-c2cc(C(F)(F)F)cc(C(F)(F)F)c2)n1C(C)CCC(C)C. The quantitative estimate of drug-likeness (QED) is 0.512. The molecule has 2 N–H and O–H groups in total. The Hall–Kier alpha value is -2.45. The average molecular weight is 434 g/mol. The first-order chi connectivity index (χ1) is 13.6. The minimum atomic E-state index is -4.96. The molecule has 0 fully saturated rings. The monoisotopic (exact) mass is 434 g/mol. The summed E-state index contributed by atoms with van der Waals surface area (Å²) in [6, 6.07) is 2.42. The summed E-state index contributed by atoms with van der Waals surface area (Å²) in [6.07, 6.45) is -8.50. The van der Waals surface area contributed by atoms with E-state index in [0.717, 1.165) is 6.42 Å². The molecule has 30 heavy (non-hydrogen) atoms. The maximum Gasteiger partial charge on any atom is 0.416 e. The molecule has 0 aliphatic carbocycles. The average Bonchev–Trinajstić information content (AvgIpc) is 2.95. The first-order valence-electron chi connectivity index (χ1n) is 9.44. The van der Waals surface area contributed by atoms with Gasteiger partial charge >= 0.3 is 12.4 Å². The van der Waals surface area contributed by atoms with Gasteiger partial charge in [-0.2, -0.15) is 26.3 Å². The third-order valence-corrected chi connectivity index (χ3v) is 5.04. The number of hydrogen-bond donors (Lipinski definition) is 1. The summed E-state index contributed by atoms with van der Waals surface area (Å²) in [5, 5.41) is 0. The minimum Gasteiger partial charge on any atom is -0.366 e.